The normalized spacial score (nSPS) is 13.5. The van der Waals surface area contributed by atoms with E-state index in [0.29, 0.717) is 105 Å². The molecule has 6 aromatic carbocycles. The minimum absolute atomic E-state index is 0. The van der Waals surface area contributed by atoms with Crippen LogP contribution in [0.4, 0.5) is 58.4 Å². The number of aromatic nitrogens is 2. The zero-order valence-electron chi connectivity index (χ0n) is 45.4. The first kappa shape index (κ1) is 62.7. The molecule has 2 aliphatic heterocycles. The van der Waals surface area contributed by atoms with Gasteiger partial charge in [0.2, 0.25) is 29.0 Å². The molecule has 0 saturated carbocycles. The van der Waals surface area contributed by atoms with Gasteiger partial charge < -0.3 is 38.4 Å². The Hall–Kier alpha value is -10.4. The second kappa shape index (κ2) is 25.9. The number of nitrogens with zero attached hydrogens (tertiary/aromatic N) is 6. The third-order valence-electron chi connectivity index (χ3n) is 12.6. The molecular formula is C62H36CoF12N6O6. The minimum Gasteiger partial charge on any atom is -0.637 e. The molecule has 0 fully saturated rings. The number of nitriles is 1. The number of hydrogen-bond donors (Lipinski definition) is 0. The van der Waals surface area contributed by atoms with Gasteiger partial charge in [-0.1, -0.05) is 12.1 Å². The minimum atomic E-state index is -1.35. The Morgan fingerprint density at radius 3 is 1.33 bits per heavy atom. The van der Waals surface area contributed by atoms with Gasteiger partial charge in [0.25, 0.3) is 0 Å². The molecule has 0 spiro atoms. The van der Waals surface area contributed by atoms with E-state index in [0.717, 1.165) is 0 Å². The largest absolute Gasteiger partial charge is 2.00 e. The van der Waals surface area contributed by atoms with Gasteiger partial charge in [-0.3, -0.25) is 0 Å². The maximum Gasteiger partial charge on any atom is 2.00 e. The molecule has 0 amide bonds. The van der Waals surface area contributed by atoms with Crippen LogP contribution in [-0.4, -0.2) is 26.0 Å². The third-order valence-corrected chi connectivity index (χ3v) is 12.6. The Kier molecular flexibility index (Phi) is 18.6. The Labute approximate surface area is 496 Å². The van der Waals surface area contributed by atoms with Crippen LogP contribution in [0.1, 0.15) is 44.8 Å². The molecule has 4 heterocycles. The van der Waals surface area contributed by atoms with E-state index in [2.05, 4.69) is 24.8 Å². The summed E-state index contributed by atoms with van der Waals surface area (Å²) in [5.41, 5.74) is 4.51. The van der Waals surface area contributed by atoms with Crippen LogP contribution in [-0.2, 0) is 16.8 Å². The molecule has 0 saturated heterocycles. The first-order valence-electron chi connectivity index (χ1n) is 24.7. The number of aryl methyl sites for hydroxylation is 4. The van der Waals surface area contributed by atoms with Crippen LogP contribution in [0.3, 0.4) is 0 Å². The second-order valence-electron chi connectivity index (χ2n) is 18.5. The summed E-state index contributed by atoms with van der Waals surface area (Å²) < 4.78 is 200. The van der Waals surface area contributed by atoms with E-state index in [-0.39, 0.29) is 62.6 Å². The van der Waals surface area contributed by atoms with Crippen LogP contribution in [0, 0.1) is 115 Å². The van der Waals surface area contributed by atoms with Gasteiger partial charge in [0.05, 0.1) is 32.2 Å². The average molecular weight is 1250 g/mol. The van der Waals surface area contributed by atoms with Gasteiger partial charge in [0, 0.05) is 66.4 Å². The molecule has 443 valence electrons. The van der Waals surface area contributed by atoms with Crippen molar-refractivity contribution in [3.63, 3.8) is 0 Å². The number of hydrogen-bond acceptors (Lipinski definition) is 9. The van der Waals surface area contributed by atoms with Gasteiger partial charge in [-0.15, -0.1) is 11.4 Å². The zero-order chi connectivity index (χ0) is 62.0. The number of allylic oxidation sites excluding steroid dienone is 2. The summed E-state index contributed by atoms with van der Waals surface area (Å²) in [6, 6.07) is 16.3. The maximum absolute atomic E-state index is 14.3. The van der Waals surface area contributed by atoms with E-state index >= 15 is 0 Å². The Morgan fingerprint density at radius 1 is 0.494 bits per heavy atom. The SMILES string of the molecule is COc1cc(C)c(/C(=C2\C=C(C#N)C(Oc3c(F)cc(F)cc3F)=N2)c2ccc(Oc3c(F)cc(F)cc3F)[n-]2)c(C)c1.[C-]#[N+]c1cc(/C(=C2/C=CC(Oc3c(F)cc(F)cc3F)=N2)c2c(C)cc(OC)cc2C)[n-]c1Oc1c(F)cc(F)cc1F.[Co+2]. The van der Waals surface area contributed by atoms with Crippen molar-refractivity contribution < 1.29 is 97.9 Å². The average Bonchev–Trinajstić information content (AvgIpc) is 1.80. The van der Waals surface area contributed by atoms with Crippen molar-refractivity contribution in [3.8, 4) is 52.3 Å². The Bertz CT molecular complexity index is 4260. The first-order valence-corrected chi connectivity index (χ1v) is 24.7. The quantitative estimate of drug-likeness (QED) is 0.0865. The molecule has 0 bridgehead atoms. The molecule has 0 aliphatic carbocycles. The fourth-order valence-corrected chi connectivity index (χ4v) is 8.99. The zero-order valence-corrected chi connectivity index (χ0v) is 46.4. The number of methoxy groups -OCH3 is 2. The van der Waals surface area contributed by atoms with Crippen molar-refractivity contribution in [1.29, 1.82) is 5.26 Å². The Balaban J connectivity index is 0.000000223. The molecular weight excluding hydrogens is 1210 g/mol. The van der Waals surface area contributed by atoms with Crippen LogP contribution in [0.5, 0.6) is 46.3 Å². The molecule has 8 aromatic rings. The molecule has 0 atom stereocenters. The fourth-order valence-electron chi connectivity index (χ4n) is 8.99. The van der Waals surface area contributed by atoms with Crippen LogP contribution in [0.15, 0.2) is 136 Å². The predicted molar refractivity (Wildman–Crippen MR) is 287 cm³/mol. The predicted octanol–water partition coefficient (Wildman–Crippen LogP) is 15.8. The second-order valence-corrected chi connectivity index (χ2v) is 18.5. The molecule has 10 rings (SSSR count). The van der Waals surface area contributed by atoms with Crippen molar-refractivity contribution in [2.45, 2.75) is 27.7 Å². The third kappa shape index (κ3) is 13.3. The Morgan fingerprint density at radius 2 is 0.908 bits per heavy atom. The summed E-state index contributed by atoms with van der Waals surface area (Å²) in [5, 5.41) is 9.76. The van der Waals surface area contributed by atoms with Gasteiger partial charge in [-0.2, -0.15) is 5.26 Å². The standard InChI is InChI=1S/2C31H18F6N3O3.Co/c1-14-7-18(41-4)8-15(2)27(14)28(23-5-6-26(39-23)42-29-19(34)9-16(32)10-20(29)35)24-13-25(38-3)31(40-24)43-30-21(36)11-17(33)12-22(30)37;1-14-6-19(41-3)7-15(2)27(14)28(24-4-5-26(39-24)42-29-20(34)9-17(32)10-21(29)35)25-8-16(13-38)31(40-25)43-30-22(36)11-18(33)12-23(30)37;/h5-13H,1-2,4H3;4-12H,1-3H3;/q2*-1;+2/b28-23+;28-25+;. The topological polar surface area (TPSA) is 136 Å². The molecule has 87 heavy (non-hydrogen) atoms. The van der Waals surface area contributed by atoms with Crippen molar-refractivity contribution in [2.24, 2.45) is 9.98 Å². The van der Waals surface area contributed by atoms with Crippen LogP contribution < -0.4 is 38.4 Å². The summed E-state index contributed by atoms with van der Waals surface area (Å²) in [6.45, 7) is 14.7. The molecule has 2 aliphatic rings. The number of aliphatic imine (C=N–C) groups is 2. The molecule has 1 radical (unpaired) electrons. The maximum atomic E-state index is 14.3. The van der Waals surface area contributed by atoms with E-state index in [1.165, 1.54) is 50.6 Å². The van der Waals surface area contributed by atoms with Gasteiger partial charge in [0.1, 0.15) is 46.4 Å². The molecule has 25 heteroatoms. The molecule has 2 aromatic heterocycles. The van der Waals surface area contributed by atoms with Crippen molar-refractivity contribution in [1.82, 2.24) is 9.97 Å². The first-order chi connectivity index (χ1) is 41.0. The molecule has 0 N–H and O–H groups in total. The van der Waals surface area contributed by atoms with Gasteiger partial charge in [-0.25, -0.2) is 67.5 Å². The van der Waals surface area contributed by atoms with Gasteiger partial charge in [-0.05, 0) is 115 Å². The number of rotatable bonds is 12. The van der Waals surface area contributed by atoms with E-state index in [4.69, 9.17) is 35.0 Å². The van der Waals surface area contributed by atoms with Crippen molar-refractivity contribution >= 4 is 28.6 Å². The van der Waals surface area contributed by atoms with E-state index < -0.39 is 105 Å². The van der Waals surface area contributed by atoms with Gasteiger partial charge >= 0.3 is 16.8 Å². The smallest absolute Gasteiger partial charge is 0.637 e. The van der Waals surface area contributed by atoms with E-state index in [1.54, 1.807) is 52.0 Å². The summed E-state index contributed by atoms with van der Waals surface area (Å²) in [6.07, 6.45) is 4.06. The van der Waals surface area contributed by atoms with Crippen molar-refractivity contribution in [3.05, 3.63) is 252 Å². The fraction of sp³-hybridized carbons (Fsp3) is 0.0968. The number of halogens is 12. The molecule has 12 nitrogen and oxygen atoms in total. The van der Waals surface area contributed by atoms with Crippen LogP contribution in [0.2, 0.25) is 0 Å². The molecule has 0 unspecified atom stereocenters. The summed E-state index contributed by atoms with van der Waals surface area (Å²) in [4.78, 5) is 20.6. The monoisotopic (exact) mass is 1250 g/mol. The summed E-state index contributed by atoms with van der Waals surface area (Å²) >= 11 is 0. The number of benzene rings is 6. The number of ether oxygens (including phenoxy) is 6. The van der Waals surface area contributed by atoms with Gasteiger partial charge in [0.15, 0.2) is 58.0 Å². The van der Waals surface area contributed by atoms with E-state index in [1.807, 2.05) is 6.07 Å². The van der Waals surface area contributed by atoms with Crippen molar-refractivity contribution in [2.75, 3.05) is 14.2 Å². The van der Waals surface area contributed by atoms with Crippen LogP contribution >= 0.6 is 0 Å². The van der Waals surface area contributed by atoms with E-state index in [9.17, 15) is 57.9 Å². The summed E-state index contributed by atoms with van der Waals surface area (Å²) in [5.74, 6) is -19.1. The summed E-state index contributed by atoms with van der Waals surface area (Å²) in [7, 11) is 2.98. The van der Waals surface area contributed by atoms with Crippen LogP contribution in [0.25, 0.3) is 16.0 Å².